The van der Waals surface area contributed by atoms with Gasteiger partial charge in [-0.25, -0.2) is 0 Å². The Kier molecular flexibility index (Phi) is 17.8. The molecule has 1 aliphatic rings. The van der Waals surface area contributed by atoms with Crippen molar-refractivity contribution in [2.24, 2.45) is 0 Å². The fourth-order valence-electron chi connectivity index (χ4n) is 1.55. The van der Waals surface area contributed by atoms with Gasteiger partial charge < -0.3 is 45.3 Å². The molecule has 0 atom stereocenters. The van der Waals surface area contributed by atoms with E-state index in [1.54, 1.807) is 0 Å². The molecule has 0 aromatic heterocycles. The van der Waals surface area contributed by atoms with Crippen LogP contribution in [-0.2, 0) is 45.3 Å². The van der Waals surface area contributed by atoms with Crippen LogP contribution in [0.2, 0.25) is 5.04 Å². The van der Waals surface area contributed by atoms with Crippen LogP contribution in [0, 0.1) is 0 Å². The summed E-state index contributed by atoms with van der Waals surface area (Å²) in [5.41, 5.74) is 0. The Hall–Kier alpha value is 1.95. The van der Waals surface area contributed by atoms with Crippen LogP contribution in [0.5, 0.6) is 0 Å². The quantitative estimate of drug-likeness (QED) is 0.263. The number of hydrogen-bond acceptors (Lipinski definition) is 11. The Labute approximate surface area is 180 Å². The fraction of sp³-hybridized carbons (Fsp3) is 1.00. The second kappa shape index (κ2) is 17.8. The lowest BCUT2D eigenvalue weighted by atomic mass is 10.3. The molecule has 1 heterocycles. The van der Waals surface area contributed by atoms with E-state index < -0.39 is 109 Å². The van der Waals surface area contributed by atoms with Crippen molar-refractivity contribution in [3.05, 3.63) is 0 Å². The van der Waals surface area contributed by atoms with Crippen LogP contribution >= 0.6 is 0 Å². The van der Waals surface area contributed by atoms with Crippen LogP contribution < -0.4 is 0 Å². The molecule has 1 aliphatic heterocycles. The first-order valence-electron chi connectivity index (χ1n) is 8.03. The maximum absolute atomic E-state index is 5.96. The molecule has 0 N–H and O–H groups in total. The van der Waals surface area contributed by atoms with Gasteiger partial charge in [0.05, 0.1) is 0 Å². The van der Waals surface area contributed by atoms with Gasteiger partial charge in [0.15, 0.2) is 0 Å². The van der Waals surface area contributed by atoms with E-state index in [-0.39, 0.29) is 5.04 Å². The monoisotopic (exact) mass is 562 g/mol. The van der Waals surface area contributed by atoms with Crippen molar-refractivity contribution in [3.8, 4) is 0 Å². The summed E-state index contributed by atoms with van der Waals surface area (Å²) in [7, 11) is -11.8. The lowest BCUT2D eigenvalue weighted by Gasteiger charge is -2.28. The summed E-state index contributed by atoms with van der Waals surface area (Å²) in [6.07, 6.45) is 0. The highest BCUT2D eigenvalue weighted by Gasteiger charge is 2.29. The van der Waals surface area contributed by atoms with Crippen molar-refractivity contribution in [2.45, 2.75) is 25.8 Å². The third-order valence-corrected chi connectivity index (χ3v) is 19.6. The highest BCUT2D eigenvalue weighted by atomic mass is 28.4. The van der Waals surface area contributed by atoms with Gasteiger partial charge in [0.25, 0.3) is 100 Å². The molecule has 156 valence electrons. The van der Waals surface area contributed by atoms with E-state index in [0.717, 1.165) is 0 Å². The van der Waals surface area contributed by atoms with E-state index in [9.17, 15) is 0 Å². The number of hydrogen-bond donors (Lipinski definition) is 0. The first-order valence-corrected chi connectivity index (χ1v) is 21.1. The highest BCUT2D eigenvalue weighted by molar-refractivity contribution is 6.61. The SMILES string of the molecule is CC(C)(C)[SiH]1O[SiH2]O[SiH2]O[SiH2]O[SiH2]O[SiH2]O[SiH2]O[SiH2]O[SiH2]O[SiH2]O[SiH2]O1. The van der Waals surface area contributed by atoms with Gasteiger partial charge in [0, 0.05) is 5.04 Å². The summed E-state index contributed by atoms with van der Waals surface area (Å²) >= 11 is 0. The first kappa shape index (κ1) is 26.0. The van der Waals surface area contributed by atoms with Crippen molar-refractivity contribution in [2.75, 3.05) is 0 Å². The van der Waals surface area contributed by atoms with Gasteiger partial charge in [-0.15, -0.1) is 0 Å². The van der Waals surface area contributed by atoms with Crippen LogP contribution in [-0.4, -0.2) is 109 Å². The second-order valence-corrected chi connectivity index (χ2v) is 28.2. The minimum Gasteiger partial charge on any atom is -0.425 e. The second-order valence-electron chi connectivity index (χ2n) is 6.05. The van der Waals surface area contributed by atoms with Crippen LogP contribution in [0.1, 0.15) is 20.8 Å². The molecule has 0 spiro atoms. The Morgan fingerprint density at radius 2 is 0.654 bits per heavy atom. The molecule has 0 unspecified atom stereocenters. The van der Waals surface area contributed by atoms with Crippen molar-refractivity contribution in [1.82, 2.24) is 0 Å². The molecule has 1 rings (SSSR count). The van der Waals surface area contributed by atoms with Gasteiger partial charge in [-0.1, -0.05) is 20.8 Å². The zero-order valence-corrected chi connectivity index (χ0v) is 30.9. The molecular formula is C4H30O11Si11. The molecular weight excluding hydrogens is 533 g/mol. The van der Waals surface area contributed by atoms with Crippen LogP contribution in [0.4, 0.5) is 0 Å². The lowest BCUT2D eigenvalue weighted by molar-refractivity contribution is 0.324. The Morgan fingerprint density at radius 1 is 0.423 bits per heavy atom. The predicted octanol–water partition coefficient (Wildman–Crippen LogP) is -8.81. The Balaban J connectivity index is 2.26. The van der Waals surface area contributed by atoms with E-state index in [2.05, 4.69) is 20.8 Å². The lowest BCUT2D eigenvalue weighted by Crippen LogP contribution is -2.37. The summed E-state index contributed by atoms with van der Waals surface area (Å²) in [5.74, 6) is 0. The Bertz CT molecular complexity index is 301. The molecule has 0 saturated carbocycles. The zero-order valence-electron chi connectivity index (χ0n) is 15.6. The summed E-state index contributed by atoms with van der Waals surface area (Å²) < 4.78 is 61.4. The Morgan fingerprint density at radius 3 is 0.885 bits per heavy atom. The van der Waals surface area contributed by atoms with E-state index in [4.69, 9.17) is 45.3 Å². The van der Waals surface area contributed by atoms with Gasteiger partial charge in [0.1, 0.15) is 0 Å². The normalized spacial score (nSPS) is 35.0. The molecule has 1 saturated heterocycles. The molecule has 0 aromatic carbocycles. The van der Waals surface area contributed by atoms with Crippen molar-refractivity contribution < 1.29 is 45.3 Å². The van der Waals surface area contributed by atoms with Gasteiger partial charge in [-0.2, -0.15) is 0 Å². The van der Waals surface area contributed by atoms with Crippen LogP contribution in [0.3, 0.4) is 0 Å². The molecule has 26 heavy (non-hydrogen) atoms. The largest absolute Gasteiger partial charge is 0.425 e. The first-order chi connectivity index (χ1) is 12.6. The van der Waals surface area contributed by atoms with Gasteiger partial charge >= 0.3 is 9.28 Å². The van der Waals surface area contributed by atoms with Gasteiger partial charge in [-0.05, 0) is 0 Å². The average molecular weight is 563 g/mol. The third-order valence-electron chi connectivity index (χ3n) is 2.65. The molecule has 0 aromatic rings. The minimum atomic E-state index is -1.82. The predicted molar refractivity (Wildman–Crippen MR) is 124 cm³/mol. The summed E-state index contributed by atoms with van der Waals surface area (Å²) in [4.78, 5) is 0. The molecule has 0 amide bonds. The van der Waals surface area contributed by atoms with E-state index in [1.165, 1.54) is 0 Å². The molecule has 1 fully saturated rings. The average Bonchev–Trinajstić information content (AvgIpc) is 2.59. The molecule has 11 nitrogen and oxygen atoms in total. The van der Waals surface area contributed by atoms with Crippen molar-refractivity contribution >= 4 is 109 Å². The van der Waals surface area contributed by atoms with E-state index in [1.807, 2.05) is 0 Å². The number of rotatable bonds is 0. The molecule has 0 bridgehead atoms. The molecule has 0 radical (unpaired) electrons. The van der Waals surface area contributed by atoms with Gasteiger partial charge in [-0.3, -0.25) is 0 Å². The van der Waals surface area contributed by atoms with Crippen molar-refractivity contribution in [3.63, 3.8) is 0 Å². The summed E-state index contributed by atoms with van der Waals surface area (Å²) in [6, 6.07) is 0. The van der Waals surface area contributed by atoms with E-state index in [0.29, 0.717) is 0 Å². The third kappa shape index (κ3) is 15.8. The van der Waals surface area contributed by atoms with Crippen LogP contribution in [0.15, 0.2) is 0 Å². The molecule has 22 heteroatoms. The van der Waals surface area contributed by atoms with Crippen molar-refractivity contribution in [1.29, 1.82) is 0 Å². The minimum absolute atomic E-state index is 0.00273. The zero-order chi connectivity index (χ0) is 18.9. The fourth-order valence-corrected chi connectivity index (χ4v) is 25.0. The van der Waals surface area contributed by atoms with Gasteiger partial charge in [0.2, 0.25) is 0 Å². The standard InChI is InChI=1S/C4H30O11Si11/c1-4(2,3)26-14-24-12-22-10-20-8-18-6-16-5-17-7-19-9-21-11-23-13-25-15-26/h26H,16-25H2,1-3H3. The van der Waals surface area contributed by atoms with E-state index >= 15 is 0 Å². The maximum atomic E-state index is 5.96. The topological polar surface area (TPSA) is 102 Å². The summed E-state index contributed by atoms with van der Waals surface area (Å²) in [5, 5.41) is 0.00273. The van der Waals surface area contributed by atoms with Crippen LogP contribution in [0.25, 0.3) is 0 Å². The summed E-state index contributed by atoms with van der Waals surface area (Å²) in [6.45, 7) is 6.39. The maximum Gasteiger partial charge on any atom is 0.308 e. The smallest absolute Gasteiger partial charge is 0.308 e. The highest BCUT2D eigenvalue weighted by Crippen LogP contribution is 2.27. The molecule has 0 aliphatic carbocycles.